The van der Waals surface area contributed by atoms with Crippen molar-refractivity contribution in [3.05, 3.63) is 0 Å². The van der Waals surface area contributed by atoms with Crippen molar-refractivity contribution >= 4 is 5.78 Å². The standard InChI is InChI=1S/C26H43FO/c1-3-4-5-6-20-11-15-25(16-12-20)23(27)26(24(25)28)17-13-22(14-18-26)21-9-7-19(2)8-10-21/h19-23H,3-18H2,1-2H3/t19?,20?,21?,22?,23-,25?,26?/m1/s1. The fourth-order valence-corrected chi connectivity index (χ4v) is 7.69. The molecule has 4 saturated carbocycles. The van der Waals surface area contributed by atoms with Gasteiger partial charge in [0.25, 0.3) is 0 Å². The Balaban J connectivity index is 1.29. The van der Waals surface area contributed by atoms with Gasteiger partial charge in [0.15, 0.2) is 5.78 Å². The van der Waals surface area contributed by atoms with E-state index < -0.39 is 17.0 Å². The molecule has 28 heavy (non-hydrogen) atoms. The lowest BCUT2D eigenvalue weighted by Crippen LogP contribution is -2.69. The van der Waals surface area contributed by atoms with Crippen molar-refractivity contribution in [1.82, 2.24) is 0 Å². The van der Waals surface area contributed by atoms with Gasteiger partial charge in [-0.05, 0) is 87.9 Å². The zero-order chi connectivity index (χ0) is 19.8. The molecule has 1 atom stereocenters. The number of carbonyl (C=O) groups excluding carboxylic acids is 1. The van der Waals surface area contributed by atoms with Gasteiger partial charge in [-0.25, -0.2) is 4.39 Å². The molecule has 0 unspecified atom stereocenters. The third-order valence-electron chi connectivity index (χ3n) is 9.74. The number of unbranched alkanes of at least 4 members (excludes halogenated alkanes) is 2. The summed E-state index contributed by atoms with van der Waals surface area (Å²) < 4.78 is 15.7. The molecule has 0 heterocycles. The summed E-state index contributed by atoms with van der Waals surface area (Å²) in [4.78, 5) is 13.4. The predicted molar refractivity (Wildman–Crippen MR) is 114 cm³/mol. The van der Waals surface area contributed by atoms with Gasteiger partial charge in [-0.2, -0.15) is 0 Å². The van der Waals surface area contributed by atoms with Crippen molar-refractivity contribution in [2.24, 2.45) is 34.5 Å². The summed E-state index contributed by atoms with van der Waals surface area (Å²) in [7, 11) is 0. The van der Waals surface area contributed by atoms with E-state index in [4.69, 9.17) is 0 Å². The average molecular weight is 391 g/mol. The molecule has 0 N–H and O–H groups in total. The van der Waals surface area contributed by atoms with E-state index >= 15 is 4.39 Å². The van der Waals surface area contributed by atoms with Crippen molar-refractivity contribution in [1.29, 1.82) is 0 Å². The first-order valence-corrected chi connectivity index (χ1v) is 12.7. The second-order valence-electron chi connectivity index (χ2n) is 11.3. The van der Waals surface area contributed by atoms with Gasteiger partial charge >= 0.3 is 0 Å². The van der Waals surface area contributed by atoms with E-state index in [2.05, 4.69) is 13.8 Å². The van der Waals surface area contributed by atoms with Gasteiger partial charge in [-0.3, -0.25) is 4.79 Å². The summed E-state index contributed by atoms with van der Waals surface area (Å²) in [6.45, 7) is 4.63. The molecule has 0 aliphatic heterocycles. The van der Waals surface area contributed by atoms with E-state index in [1.165, 1.54) is 51.4 Å². The lowest BCUT2D eigenvalue weighted by Gasteiger charge is -2.61. The Hall–Kier alpha value is -0.400. The zero-order valence-corrected chi connectivity index (χ0v) is 18.5. The van der Waals surface area contributed by atoms with Gasteiger partial charge in [0.2, 0.25) is 0 Å². The van der Waals surface area contributed by atoms with E-state index in [0.29, 0.717) is 5.78 Å². The van der Waals surface area contributed by atoms with E-state index in [-0.39, 0.29) is 0 Å². The van der Waals surface area contributed by atoms with Crippen LogP contribution in [0.1, 0.15) is 117 Å². The van der Waals surface area contributed by atoms with Crippen LogP contribution in [-0.4, -0.2) is 12.0 Å². The van der Waals surface area contributed by atoms with Crippen molar-refractivity contribution in [3.63, 3.8) is 0 Å². The summed E-state index contributed by atoms with van der Waals surface area (Å²) in [5.74, 6) is 3.62. The molecule has 2 heteroatoms. The molecule has 0 aromatic carbocycles. The molecule has 1 nitrogen and oxygen atoms in total. The molecule has 0 aromatic heterocycles. The Labute approximate surface area is 172 Å². The first-order chi connectivity index (χ1) is 13.5. The molecule has 0 aromatic rings. The summed E-state index contributed by atoms with van der Waals surface area (Å²) in [6.07, 6.45) is 17.6. The molecule has 0 bridgehead atoms. The van der Waals surface area contributed by atoms with Gasteiger partial charge in [0.05, 0.1) is 10.8 Å². The second kappa shape index (κ2) is 8.38. The van der Waals surface area contributed by atoms with Gasteiger partial charge in [0.1, 0.15) is 6.17 Å². The highest BCUT2D eigenvalue weighted by Crippen LogP contribution is 2.66. The molecule has 2 spiro atoms. The Morgan fingerprint density at radius 2 is 1.36 bits per heavy atom. The topological polar surface area (TPSA) is 17.1 Å². The molecule has 4 fully saturated rings. The second-order valence-corrected chi connectivity index (χ2v) is 11.3. The Morgan fingerprint density at radius 3 is 1.89 bits per heavy atom. The number of halogens is 1. The summed E-state index contributed by atoms with van der Waals surface area (Å²) in [6, 6.07) is 0. The van der Waals surface area contributed by atoms with Crippen LogP contribution in [0.3, 0.4) is 0 Å². The average Bonchev–Trinajstić information content (AvgIpc) is 2.74. The van der Waals surface area contributed by atoms with Crippen molar-refractivity contribution < 1.29 is 9.18 Å². The smallest absolute Gasteiger partial charge is 0.151 e. The normalized spacial score (nSPS) is 46.7. The van der Waals surface area contributed by atoms with Gasteiger partial charge in [0, 0.05) is 0 Å². The first kappa shape index (κ1) is 20.9. The van der Waals surface area contributed by atoms with Crippen molar-refractivity contribution in [3.8, 4) is 0 Å². The molecule has 0 saturated heterocycles. The third-order valence-corrected chi connectivity index (χ3v) is 9.74. The quantitative estimate of drug-likeness (QED) is 0.440. The molecular weight excluding hydrogens is 347 g/mol. The minimum Gasteiger partial charge on any atom is -0.298 e. The molecule has 0 amide bonds. The molecule has 4 aliphatic rings. The molecule has 0 radical (unpaired) electrons. The third kappa shape index (κ3) is 3.49. The summed E-state index contributed by atoms with van der Waals surface area (Å²) in [5, 5.41) is 0. The van der Waals surface area contributed by atoms with Crippen LogP contribution in [-0.2, 0) is 4.79 Å². The van der Waals surface area contributed by atoms with Crippen LogP contribution in [0.4, 0.5) is 4.39 Å². The van der Waals surface area contributed by atoms with Crippen molar-refractivity contribution in [2.75, 3.05) is 0 Å². The summed E-state index contributed by atoms with van der Waals surface area (Å²) >= 11 is 0. The lowest BCUT2D eigenvalue weighted by molar-refractivity contribution is -0.194. The highest BCUT2D eigenvalue weighted by Gasteiger charge is 2.71. The van der Waals surface area contributed by atoms with Gasteiger partial charge < -0.3 is 0 Å². The maximum Gasteiger partial charge on any atom is 0.151 e. The van der Waals surface area contributed by atoms with Crippen LogP contribution in [0.5, 0.6) is 0 Å². The van der Waals surface area contributed by atoms with Crippen LogP contribution in [0.25, 0.3) is 0 Å². The Kier molecular flexibility index (Phi) is 6.24. The number of carbonyl (C=O) groups is 1. The van der Waals surface area contributed by atoms with E-state index in [1.54, 1.807) is 0 Å². The highest BCUT2D eigenvalue weighted by atomic mass is 19.1. The van der Waals surface area contributed by atoms with Crippen LogP contribution in [0, 0.1) is 34.5 Å². The maximum absolute atomic E-state index is 15.7. The van der Waals surface area contributed by atoms with E-state index in [0.717, 1.165) is 75.0 Å². The number of hydrogen-bond donors (Lipinski definition) is 0. The number of hydrogen-bond acceptors (Lipinski definition) is 1. The zero-order valence-electron chi connectivity index (χ0n) is 18.5. The number of rotatable bonds is 5. The van der Waals surface area contributed by atoms with Crippen LogP contribution >= 0.6 is 0 Å². The van der Waals surface area contributed by atoms with Gasteiger partial charge in [-0.15, -0.1) is 0 Å². The monoisotopic (exact) mass is 390 g/mol. The predicted octanol–water partition coefficient (Wildman–Crippen LogP) is 7.67. The molecule has 4 rings (SSSR count). The van der Waals surface area contributed by atoms with Crippen molar-refractivity contribution in [2.45, 2.75) is 123 Å². The Morgan fingerprint density at radius 1 is 0.821 bits per heavy atom. The van der Waals surface area contributed by atoms with Crippen LogP contribution < -0.4 is 0 Å². The fraction of sp³-hybridized carbons (Fsp3) is 0.962. The lowest BCUT2D eigenvalue weighted by atomic mass is 9.41. The molecular formula is C26H43FO. The van der Waals surface area contributed by atoms with E-state index in [1.807, 2.05) is 0 Å². The summed E-state index contributed by atoms with van der Waals surface area (Å²) in [5.41, 5.74) is -1.12. The number of ketones is 1. The minimum atomic E-state index is -0.837. The van der Waals surface area contributed by atoms with Gasteiger partial charge in [-0.1, -0.05) is 52.4 Å². The minimum absolute atomic E-state index is 0.357. The largest absolute Gasteiger partial charge is 0.298 e. The maximum atomic E-state index is 15.7. The highest BCUT2D eigenvalue weighted by molar-refractivity contribution is 5.98. The fourth-order valence-electron chi connectivity index (χ4n) is 7.69. The molecule has 160 valence electrons. The van der Waals surface area contributed by atoms with Crippen LogP contribution in [0.2, 0.25) is 0 Å². The number of Topliss-reactive ketones (excluding diaryl/α,β-unsaturated/α-hetero) is 1. The number of alkyl halides is 1. The molecule has 4 aliphatic carbocycles. The van der Waals surface area contributed by atoms with E-state index in [9.17, 15) is 4.79 Å². The van der Waals surface area contributed by atoms with Crippen LogP contribution in [0.15, 0.2) is 0 Å². The SMILES string of the molecule is CCCCCC1CCC2(CC1)C(=O)C1(CCC(C3CCC(C)CC3)CC1)[C@@H]2F. The Bertz CT molecular complexity index is 531. The first-order valence-electron chi connectivity index (χ1n) is 12.7.